The summed E-state index contributed by atoms with van der Waals surface area (Å²) in [5, 5.41) is 5.23. The Balaban J connectivity index is 1.79. The van der Waals surface area contributed by atoms with Gasteiger partial charge in [-0.1, -0.05) is 0 Å². The molecular weight excluding hydrogens is 248 g/mol. The zero-order chi connectivity index (χ0) is 13.4. The molecule has 1 saturated carbocycles. The van der Waals surface area contributed by atoms with Crippen LogP contribution in [0.4, 0.5) is 0 Å². The summed E-state index contributed by atoms with van der Waals surface area (Å²) < 4.78 is 0. The molecule has 7 nitrogen and oxygen atoms in total. The van der Waals surface area contributed by atoms with Crippen LogP contribution in [0.3, 0.4) is 0 Å². The average molecular weight is 262 g/mol. The largest absolute Gasteiger partial charge is 0.354 e. The van der Waals surface area contributed by atoms with Gasteiger partial charge in [0.2, 0.25) is 5.91 Å². The highest BCUT2D eigenvalue weighted by atomic mass is 16.2. The van der Waals surface area contributed by atoms with Gasteiger partial charge in [0.05, 0.1) is 0 Å². The maximum atomic E-state index is 12.0. The highest BCUT2D eigenvalue weighted by Crippen LogP contribution is 2.37. The molecule has 7 heteroatoms. The number of carbonyl (C=O) groups excluding carboxylic acids is 2. The summed E-state index contributed by atoms with van der Waals surface area (Å²) in [4.78, 5) is 41.7. The molecule has 1 aliphatic heterocycles. The number of aromatic nitrogens is 2. The Morgan fingerprint density at radius 2 is 2.11 bits per heavy atom. The number of rotatable bonds is 3. The maximum absolute atomic E-state index is 12.0. The second-order valence-corrected chi connectivity index (χ2v) is 4.90. The van der Waals surface area contributed by atoms with Gasteiger partial charge < -0.3 is 15.6 Å². The Morgan fingerprint density at radius 1 is 1.32 bits per heavy atom. The molecule has 0 radical (unpaired) electrons. The van der Waals surface area contributed by atoms with E-state index in [-0.39, 0.29) is 23.1 Å². The SMILES string of the molecule is O=C(NC1CCNC1=O)c1cc(=O)[nH]c(C2CC2)n1. The van der Waals surface area contributed by atoms with Gasteiger partial charge in [-0.05, 0) is 19.3 Å². The van der Waals surface area contributed by atoms with Gasteiger partial charge in [0.15, 0.2) is 0 Å². The fraction of sp³-hybridized carbons (Fsp3) is 0.500. The van der Waals surface area contributed by atoms with Crippen LogP contribution in [0.25, 0.3) is 0 Å². The molecule has 0 bridgehead atoms. The van der Waals surface area contributed by atoms with E-state index in [2.05, 4.69) is 20.6 Å². The predicted molar refractivity (Wildman–Crippen MR) is 65.7 cm³/mol. The molecule has 1 saturated heterocycles. The lowest BCUT2D eigenvalue weighted by Crippen LogP contribution is -2.40. The van der Waals surface area contributed by atoms with Gasteiger partial charge in [-0.2, -0.15) is 0 Å². The van der Waals surface area contributed by atoms with Crippen LogP contribution in [0.5, 0.6) is 0 Å². The highest BCUT2D eigenvalue weighted by molar-refractivity contribution is 5.96. The number of carbonyl (C=O) groups is 2. The van der Waals surface area contributed by atoms with Crippen LogP contribution in [0.15, 0.2) is 10.9 Å². The highest BCUT2D eigenvalue weighted by Gasteiger charge is 2.29. The standard InChI is InChI=1S/C12H14N4O3/c17-9-5-8(14-10(16-9)6-1-2-6)12(19)15-7-3-4-13-11(7)18/h5-7H,1-4H2,(H,13,18)(H,15,19)(H,14,16,17). The van der Waals surface area contributed by atoms with Crippen molar-refractivity contribution in [2.24, 2.45) is 0 Å². The van der Waals surface area contributed by atoms with E-state index in [4.69, 9.17) is 0 Å². The summed E-state index contributed by atoms with van der Waals surface area (Å²) in [5.41, 5.74) is -0.261. The minimum atomic E-state index is -0.530. The van der Waals surface area contributed by atoms with Crippen molar-refractivity contribution in [3.05, 3.63) is 27.9 Å². The first kappa shape index (κ1) is 11.9. The summed E-state index contributed by atoms with van der Waals surface area (Å²) in [6.45, 7) is 0.555. The van der Waals surface area contributed by atoms with E-state index in [1.807, 2.05) is 0 Å². The summed E-state index contributed by atoms with van der Waals surface area (Å²) >= 11 is 0. The number of hydrogen-bond donors (Lipinski definition) is 3. The average Bonchev–Trinajstić information content (AvgIpc) is 3.15. The Hall–Kier alpha value is -2.18. The first-order chi connectivity index (χ1) is 9.13. The van der Waals surface area contributed by atoms with Crippen LogP contribution in [0.2, 0.25) is 0 Å². The van der Waals surface area contributed by atoms with Crippen LogP contribution in [0, 0.1) is 0 Å². The van der Waals surface area contributed by atoms with Crippen molar-refractivity contribution in [1.82, 2.24) is 20.6 Å². The van der Waals surface area contributed by atoms with Crippen molar-refractivity contribution in [3.63, 3.8) is 0 Å². The van der Waals surface area contributed by atoms with Crippen molar-refractivity contribution >= 4 is 11.8 Å². The quantitative estimate of drug-likeness (QED) is 0.667. The molecule has 2 heterocycles. The molecule has 3 rings (SSSR count). The van der Waals surface area contributed by atoms with E-state index >= 15 is 0 Å². The van der Waals surface area contributed by atoms with Gasteiger partial charge in [-0.3, -0.25) is 14.4 Å². The minimum absolute atomic E-state index is 0.0744. The second-order valence-electron chi connectivity index (χ2n) is 4.90. The molecule has 2 fully saturated rings. The summed E-state index contributed by atoms with van der Waals surface area (Å²) in [6, 6.07) is 0.631. The molecule has 1 unspecified atom stereocenters. The van der Waals surface area contributed by atoms with E-state index in [9.17, 15) is 14.4 Å². The lowest BCUT2D eigenvalue weighted by molar-refractivity contribution is -0.120. The maximum Gasteiger partial charge on any atom is 0.270 e. The first-order valence-corrected chi connectivity index (χ1v) is 6.33. The molecule has 1 aromatic rings. The molecule has 0 spiro atoms. The summed E-state index contributed by atoms with van der Waals surface area (Å²) in [7, 11) is 0. The molecule has 1 aliphatic carbocycles. The lowest BCUT2D eigenvalue weighted by Gasteiger charge is -2.09. The Labute approximate surface area is 108 Å². The van der Waals surface area contributed by atoms with Crippen LogP contribution in [0.1, 0.15) is 41.5 Å². The molecule has 19 heavy (non-hydrogen) atoms. The Kier molecular flexibility index (Phi) is 2.81. The first-order valence-electron chi connectivity index (χ1n) is 6.33. The van der Waals surface area contributed by atoms with Crippen LogP contribution in [-0.4, -0.2) is 34.4 Å². The van der Waals surface area contributed by atoms with E-state index in [0.29, 0.717) is 18.8 Å². The normalized spacial score (nSPS) is 22.1. The number of hydrogen-bond acceptors (Lipinski definition) is 4. The van der Waals surface area contributed by atoms with Crippen LogP contribution < -0.4 is 16.2 Å². The molecule has 0 aromatic carbocycles. The van der Waals surface area contributed by atoms with Crippen molar-refractivity contribution in [2.45, 2.75) is 31.2 Å². The zero-order valence-electron chi connectivity index (χ0n) is 10.2. The zero-order valence-corrected chi connectivity index (χ0v) is 10.2. The topological polar surface area (TPSA) is 104 Å². The lowest BCUT2D eigenvalue weighted by atomic mass is 10.2. The molecule has 1 aromatic heterocycles. The predicted octanol–water partition coefficient (Wildman–Crippen LogP) is -0.734. The van der Waals surface area contributed by atoms with Crippen LogP contribution in [-0.2, 0) is 4.79 Å². The molecule has 3 N–H and O–H groups in total. The fourth-order valence-corrected chi connectivity index (χ4v) is 2.11. The Bertz CT molecular complexity index is 591. The number of H-pyrrole nitrogens is 1. The number of nitrogens with one attached hydrogen (secondary N) is 3. The third kappa shape index (κ3) is 2.49. The van der Waals surface area contributed by atoms with Gasteiger partial charge >= 0.3 is 0 Å². The van der Waals surface area contributed by atoms with Gasteiger partial charge in [-0.25, -0.2) is 4.98 Å². The van der Waals surface area contributed by atoms with E-state index in [1.54, 1.807) is 0 Å². The minimum Gasteiger partial charge on any atom is -0.354 e. The van der Waals surface area contributed by atoms with E-state index < -0.39 is 11.9 Å². The monoisotopic (exact) mass is 262 g/mol. The Morgan fingerprint density at radius 3 is 2.74 bits per heavy atom. The van der Waals surface area contributed by atoms with Crippen molar-refractivity contribution in [2.75, 3.05) is 6.54 Å². The smallest absolute Gasteiger partial charge is 0.270 e. The van der Waals surface area contributed by atoms with Crippen LogP contribution >= 0.6 is 0 Å². The van der Waals surface area contributed by atoms with Gasteiger partial charge in [0.25, 0.3) is 11.5 Å². The number of amides is 2. The third-order valence-corrected chi connectivity index (χ3v) is 3.31. The molecule has 100 valence electrons. The third-order valence-electron chi connectivity index (χ3n) is 3.31. The van der Waals surface area contributed by atoms with Crippen molar-refractivity contribution in [1.29, 1.82) is 0 Å². The molecule has 2 amide bonds. The summed E-state index contributed by atoms with van der Waals surface area (Å²) in [5.74, 6) is 0.152. The molecule has 1 atom stereocenters. The number of nitrogens with zero attached hydrogens (tertiary/aromatic N) is 1. The number of aromatic amines is 1. The van der Waals surface area contributed by atoms with Gasteiger partial charge in [0.1, 0.15) is 17.6 Å². The second kappa shape index (κ2) is 4.49. The van der Waals surface area contributed by atoms with E-state index in [0.717, 1.165) is 18.9 Å². The fourth-order valence-electron chi connectivity index (χ4n) is 2.11. The van der Waals surface area contributed by atoms with Crippen molar-refractivity contribution < 1.29 is 9.59 Å². The van der Waals surface area contributed by atoms with Crippen molar-refractivity contribution in [3.8, 4) is 0 Å². The van der Waals surface area contributed by atoms with Gasteiger partial charge in [0, 0.05) is 18.5 Å². The molecular formula is C12H14N4O3. The summed E-state index contributed by atoms with van der Waals surface area (Å²) in [6.07, 6.45) is 2.53. The van der Waals surface area contributed by atoms with Gasteiger partial charge in [-0.15, -0.1) is 0 Å². The van der Waals surface area contributed by atoms with E-state index in [1.165, 1.54) is 0 Å². The molecule has 2 aliphatic rings.